The van der Waals surface area contributed by atoms with E-state index >= 15 is 0 Å². The van der Waals surface area contributed by atoms with Gasteiger partial charge in [0.25, 0.3) is 0 Å². The average molecular weight is 354 g/mol. The van der Waals surface area contributed by atoms with E-state index in [4.69, 9.17) is 0 Å². The number of carbonyl (C=O) groups excluding carboxylic acids is 2. The molecule has 0 spiro atoms. The zero-order chi connectivity index (χ0) is 18.6. The van der Waals surface area contributed by atoms with Gasteiger partial charge in [0.2, 0.25) is 11.8 Å². The highest BCUT2D eigenvalue weighted by Crippen LogP contribution is 2.29. The second kappa shape index (κ2) is 7.33. The van der Waals surface area contributed by atoms with E-state index in [9.17, 15) is 27.2 Å². The molecule has 25 heavy (non-hydrogen) atoms. The zero-order valence-electron chi connectivity index (χ0n) is 13.1. The van der Waals surface area contributed by atoms with E-state index in [0.29, 0.717) is 5.56 Å². The Kier molecular flexibility index (Phi) is 5.41. The monoisotopic (exact) mass is 354 g/mol. The van der Waals surface area contributed by atoms with Crippen LogP contribution in [0.15, 0.2) is 42.5 Å². The minimum atomic E-state index is -4.44. The molecule has 4 nitrogen and oxygen atoms in total. The lowest BCUT2D eigenvalue weighted by Gasteiger charge is -2.10. The smallest absolute Gasteiger partial charge is 0.326 e. The highest BCUT2D eigenvalue weighted by Gasteiger charge is 2.29. The number of hydrogen-bond acceptors (Lipinski definition) is 2. The number of nitrogens with one attached hydrogen (secondary N) is 2. The molecule has 0 fully saturated rings. The van der Waals surface area contributed by atoms with Crippen LogP contribution in [0.3, 0.4) is 0 Å². The van der Waals surface area contributed by atoms with Crippen molar-refractivity contribution in [1.82, 2.24) is 0 Å². The van der Waals surface area contributed by atoms with Gasteiger partial charge in [-0.15, -0.1) is 0 Å². The molecule has 2 N–H and O–H groups in total. The summed E-state index contributed by atoms with van der Waals surface area (Å²) in [7, 11) is 0. The van der Waals surface area contributed by atoms with E-state index in [1.165, 1.54) is 31.2 Å². The average Bonchev–Trinajstić information content (AvgIpc) is 2.49. The summed E-state index contributed by atoms with van der Waals surface area (Å²) in [5.41, 5.74) is -0.230. The fraction of sp³-hybridized carbons (Fsp3) is 0.176. The standard InChI is InChI=1S/C17H14F4N2O2/c1-10(24)22-15-9-13(6-7-14(15)18)23-16(25)8-11-2-4-12(5-3-11)17(19,20)21/h2-7,9H,8H2,1H3,(H,22,24)(H,23,25). The molecule has 0 atom stereocenters. The largest absolute Gasteiger partial charge is 0.416 e. The van der Waals surface area contributed by atoms with E-state index < -0.39 is 29.4 Å². The van der Waals surface area contributed by atoms with Crippen LogP contribution < -0.4 is 10.6 Å². The first kappa shape index (κ1) is 18.4. The fourth-order valence-corrected chi connectivity index (χ4v) is 2.09. The summed E-state index contributed by atoms with van der Waals surface area (Å²) >= 11 is 0. The van der Waals surface area contributed by atoms with Gasteiger partial charge in [-0.1, -0.05) is 12.1 Å². The summed E-state index contributed by atoms with van der Waals surface area (Å²) in [5.74, 6) is -1.61. The molecule has 0 saturated heterocycles. The molecule has 0 aliphatic rings. The number of halogens is 4. The molecule has 2 rings (SSSR count). The molecule has 0 aromatic heterocycles. The summed E-state index contributed by atoms with van der Waals surface area (Å²) in [5, 5.41) is 4.78. The maximum atomic E-state index is 13.5. The molecule has 8 heteroatoms. The third-order valence-corrected chi connectivity index (χ3v) is 3.21. The second-order valence-corrected chi connectivity index (χ2v) is 5.30. The predicted octanol–water partition coefficient (Wildman–Crippen LogP) is 3.98. The number of anilines is 2. The third-order valence-electron chi connectivity index (χ3n) is 3.21. The van der Waals surface area contributed by atoms with E-state index in [1.54, 1.807) is 0 Å². The quantitative estimate of drug-likeness (QED) is 0.816. The Hall–Kier alpha value is -2.90. The van der Waals surface area contributed by atoms with Gasteiger partial charge in [-0.25, -0.2) is 4.39 Å². The van der Waals surface area contributed by atoms with Crippen molar-refractivity contribution in [3.05, 3.63) is 59.4 Å². The SMILES string of the molecule is CC(=O)Nc1cc(NC(=O)Cc2ccc(C(F)(F)F)cc2)ccc1F. The normalized spacial score (nSPS) is 11.1. The minimum absolute atomic E-state index is 0.0835. The molecular formula is C17H14F4N2O2. The molecular weight excluding hydrogens is 340 g/mol. The highest BCUT2D eigenvalue weighted by molar-refractivity contribution is 5.94. The third kappa shape index (κ3) is 5.30. The van der Waals surface area contributed by atoms with Crippen LogP contribution in [0.5, 0.6) is 0 Å². The molecule has 0 radical (unpaired) electrons. The van der Waals surface area contributed by atoms with Gasteiger partial charge in [0.1, 0.15) is 5.82 Å². The molecule has 2 amide bonds. The van der Waals surface area contributed by atoms with Crippen molar-refractivity contribution in [2.24, 2.45) is 0 Å². The molecule has 0 heterocycles. The van der Waals surface area contributed by atoms with Gasteiger partial charge in [-0.2, -0.15) is 13.2 Å². The van der Waals surface area contributed by atoms with Crippen molar-refractivity contribution in [3.63, 3.8) is 0 Å². The van der Waals surface area contributed by atoms with E-state index in [-0.39, 0.29) is 17.8 Å². The molecule has 0 unspecified atom stereocenters. The summed E-state index contributed by atoms with van der Waals surface area (Å²) < 4.78 is 51.0. The summed E-state index contributed by atoms with van der Waals surface area (Å²) in [4.78, 5) is 23.0. The number of carbonyl (C=O) groups is 2. The molecule has 0 aliphatic carbocycles. The van der Waals surface area contributed by atoms with Crippen molar-refractivity contribution >= 4 is 23.2 Å². The van der Waals surface area contributed by atoms with Crippen molar-refractivity contribution in [3.8, 4) is 0 Å². The first-order valence-electron chi connectivity index (χ1n) is 7.18. The van der Waals surface area contributed by atoms with E-state index in [1.807, 2.05) is 0 Å². The van der Waals surface area contributed by atoms with E-state index in [0.717, 1.165) is 18.2 Å². The van der Waals surface area contributed by atoms with Crippen LogP contribution in [0, 0.1) is 5.82 Å². The van der Waals surface area contributed by atoms with Crippen LogP contribution in [-0.4, -0.2) is 11.8 Å². The molecule has 0 saturated carbocycles. The highest BCUT2D eigenvalue weighted by atomic mass is 19.4. The maximum absolute atomic E-state index is 13.5. The molecule has 2 aromatic rings. The van der Waals surface area contributed by atoms with Crippen LogP contribution in [0.4, 0.5) is 28.9 Å². The first-order valence-corrected chi connectivity index (χ1v) is 7.18. The lowest BCUT2D eigenvalue weighted by atomic mass is 10.1. The second-order valence-electron chi connectivity index (χ2n) is 5.30. The summed E-state index contributed by atoms with van der Waals surface area (Å²) in [6, 6.07) is 7.88. The van der Waals surface area contributed by atoms with Gasteiger partial charge in [0.05, 0.1) is 17.7 Å². The lowest BCUT2D eigenvalue weighted by molar-refractivity contribution is -0.137. The molecule has 0 aliphatic heterocycles. The van der Waals surface area contributed by atoms with Gasteiger partial charge >= 0.3 is 6.18 Å². The van der Waals surface area contributed by atoms with Gasteiger partial charge in [0, 0.05) is 12.6 Å². The van der Waals surface area contributed by atoms with Crippen molar-refractivity contribution < 1.29 is 27.2 Å². The van der Waals surface area contributed by atoms with Gasteiger partial charge in [0.15, 0.2) is 0 Å². The van der Waals surface area contributed by atoms with Gasteiger partial charge in [-0.05, 0) is 35.9 Å². The first-order chi connectivity index (χ1) is 11.6. The minimum Gasteiger partial charge on any atom is -0.326 e. The predicted molar refractivity (Wildman–Crippen MR) is 84.5 cm³/mol. The van der Waals surface area contributed by atoms with Crippen LogP contribution >= 0.6 is 0 Å². The van der Waals surface area contributed by atoms with Crippen LogP contribution in [0.1, 0.15) is 18.1 Å². The van der Waals surface area contributed by atoms with Crippen LogP contribution in [-0.2, 0) is 22.2 Å². The van der Waals surface area contributed by atoms with Crippen LogP contribution in [0.2, 0.25) is 0 Å². The Balaban J connectivity index is 2.04. The molecule has 132 valence electrons. The number of rotatable bonds is 4. The Morgan fingerprint density at radius 2 is 1.64 bits per heavy atom. The van der Waals surface area contributed by atoms with Crippen molar-refractivity contribution in [1.29, 1.82) is 0 Å². The van der Waals surface area contributed by atoms with Gasteiger partial charge < -0.3 is 10.6 Å². The maximum Gasteiger partial charge on any atom is 0.416 e. The summed E-state index contributed by atoms with van der Waals surface area (Å²) in [6.45, 7) is 1.22. The number of hydrogen-bond donors (Lipinski definition) is 2. The fourth-order valence-electron chi connectivity index (χ4n) is 2.09. The zero-order valence-corrected chi connectivity index (χ0v) is 13.1. The number of amides is 2. The molecule has 0 bridgehead atoms. The Morgan fingerprint density at radius 1 is 1.00 bits per heavy atom. The van der Waals surface area contributed by atoms with Crippen LogP contribution in [0.25, 0.3) is 0 Å². The molecule has 2 aromatic carbocycles. The topological polar surface area (TPSA) is 58.2 Å². The Bertz CT molecular complexity index is 786. The van der Waals surface area contributed by atoms with E-state index in [2.05, 4.69) is 10.6 Å². The Labute approximate surface area is 140 Å². The van der Waals surface area contributed by atoms with Crippen molar-refractivity contribution in [2.75, 3.05) is 10.6 Å². The number of benzene rings is 2. The lowest BCUT2D eigenvalue weighted by Crippen LogP contribution is -2.15. The summed E-state index contributed by atoms with van der Waals surface area (Å²) in [6.07, 6.45) is -4.58. The Morgan fingerprint density at radius 3 is 2.20 bits per heavy atom. The van der Waals surface area contributed by atoms with Crippen molar-refractivity contribution in [2.45, 2.75) is 19.5 Å². The van der Waals surface area contributed by atoms with Gasteiger partial charge in [-0.3, -0.25) is 9.59 Å². The number of alkyl halides is 3.